The zero-order valence-electron chi connectivity index (χ0n) is 22.1. The molecule has 5 heteroatoms. The average molecular weight is 516 g/mol. The van der Waals surface area contributed by atoms with E-state index in [-0.39, 0.29) is 11.2 Å². The normalized spacial score (nSPS) is 13.4. The minimum atomic E-state index is -3.04. The smallest absolute Gasteiger partial charge is 0.153 e. The van der Waals surface area contributed by atoms with E-state index in [4.69, 9.17) is 0 Å². The Balaban J connectivity index is 1.87. The van der Waals surface area contributed by atoms with Gasteiger partial charge in [0.2, 0.25) is 0 Å². The molecule has 0 N–H and O–H groups in total. The maximum Gasteiger partial charge on any atom is 0.153 e. The Hall–Kier alpha value is -1.64. The van der Waals surface area contributed by atoms with Gasteiger partial charge in [0.25, 0.3) is 0 Å². The highest BCUT2D eigenvalue weighted by atomic mass is 32.2. The number of hydrogen-bond donors (Lipinski definition) is 0. The van der Waals surface area contributed by atoms with E-state index in [1.807, 2.05) is 0 Å². The number of aryl methyl sites for hydroxylation is 1. The molecule has 3 nitrogen and oxygen atoms in total. The average Bonchev–Trinajstić information content (AvgIpc) is 3.38. The third-order valence-corrected chi connectivity index (χ3v) is 10.3. The van der Waals surface area contributed by atoms with Crippen molar-refractivity contribution in [1.82, 2.24) is 0 Å². The number of unbranched alkanes of at least 4 members (excludes halogenated alkanes) is 7. The number of benzene rings is 1. The number of thiophene rings is 1. The number of rotatable bonds is 18. The van der Waals surface area contributed by atoms with Crippen LogP contribution in [0.25, 0.3) is 10.4 Å². The lowest BCUT2D eigenvalue weighted by Gasteiger charge is -2.18. The van der Waals surface area contributed by atoms with Gasteiger partial charge in [-0.1, -0.05) is 95.9 Å². The van der Waals surface area contributed by atoms with Crippen molar-refractivity contribution in [3.63, 3.8) is 0 Å². The van der Waals surface area contributed by atoms with Crippen LogP contribution in [0.4, 0.5) is 0 Å². The van der Waals surface area contributed by atoms with Gasteiger partial charge in [0.1, 0.15) is 0 Å². The van der Waals surface area contributed by atoms with Gasteiger partial charge in [-0.05, 0) is 60.7 Å². The van der Waals surface area contributed by atoms with Crippen LogP contribution in [0.2, 0.25) is 0 Å². The summed E-state index contributed by atoms with van der Waals surface area (Å²) in [6, 6.07) is 13.1. The number of sulfone groups is 1. The molecule has 0 aliphatic rings. The number of nitrogens with zero attached hydrogens (tertiary/aromatic N) is 1. The summed E-state index contributed by atoms with van der Waals surface area (Å²) in [5.74, 6) is 0.200. The molecule has 1 aromatic carbocycles. The fourth-order valence-corrected chi connectivity index (χ4v) is 7.57. The Labute approximate surface area is 218 Å². The lowest BCUT2D eigenvalue weighted by atomic mass is 9.90. The van der Waals surface area contributed by atoms with Crippen molar-refractivity contribution in [3.05, 3.63) is 46.8 Å². The van der Waals surface area contributed by atoms with Crippen molar-refractivity contribution in [3.8, 4) is 16.5 Å². The van der Waals surface area contributed by atoms with Crippen LogP contribution in [0.1, 0.15) is 114 Å². The Kier molecular flexibility index (Phi) is 13.7. The summed E-state index contributed by atoms with van der Waals surface area (Å²) >= 11 is 1.73. The van der Waals surface area contributed by atoms with Crippen LogP contribution in [-0.2, 0) is 9.84 Å². The van der Waals surface area contributed by atoms with Gasteiger partial charge in [0.05, 0.1) is 23.0 Å². The lowest BCUT2D eigenvalue weighted by Crippen LogP contribution is -2.24. The molecule has 0 spiro atoms. The second-order valence-electron chi connectivity index (χ2n) is 9.91. The first-order valence-corrected chi connectivity index (χ1v) is 16.3. The van der Waals surface area contributed by atoms with E-state index in [1.54, 1.807) is 11.3 Å². The largest absolute Gasteiger partial charge is 0.229 e. The van der Waals surface area contributed by atoms with Crippen LogP contribution in [0.15, 0.2) is 35.7 Å². The van der Waals surface area contributed by atoms with Gasteiger partial charge in [-0.15, -0.1) is 11.3 Å². The predicted molar refractivity (Wildman–Crippen MR) is 152 cm³/mol. The molecule has 0 aliphatic heterocycles. The molecule has 0 amide bonds. The van der Waals surface area contributed by atoms with Crippen molar-refractivity contribution in [2.24, 2.45) is 0 Å². The van der Waals surface area contributed by atoms with Crippen molar-refractivity contribution in [2.45, 2.75) is 115 Å². The van der Waals surface area contributed by atoms with Crippen LogP contribution in [0.5, 0.6) is 0 Å². The molecule has 1 aromatic heterocycles. The molecule has 2 rings (SSSR count). The zero-order valence-corrected chi connectivity index (χ0v) is 23.7. The summed E-state index contributed by atoms with van der Waals surface area (Å²) in [5, 5.41) is 11.7. The first kappa shape index (κ1) is 29.6. The molecular formula is C30H45NO2S2. The minimum absolute atomic E-state index is 0.138. The summed E-state index contributed by atoms with van der Waals surface area (Å²) in [6.45, 7) is 6.41. The number of hydrogen-bond acceptors (Lipinski definition) is 4. The fourth-order valence-electron chi connectivity index (χ4n) is 4.86. The van der Waals surface area contributed by atoms with Crippen LogP contribution >= 0.6 is 11.3 Å². The van der Waals surface area contributed by atoms with E-state index in [2.05, 4.69) is 62.6 Å². The van der Waals surface area contributed by atoms with Crippen LogP contribution in [-0.4, -0.2) is 19.4 Å². The molecular weight excluding hydrogens is 470 g/mol. The standard InChI is InChI=1S/C30H45NO2S2/c1-4-6-8-9-10-13-22-35(32,33)28(16-7-5-2)17-12-11-15-27(24-31)29-20-19-26(23-25(29)3)30-18-14-21-34-30/h14,18-21,23,27-28H,4-13,15-17,22H2,1-3H3. The molecule has 0 saturated carbocycles. The highest BCUT2D eigenvalue weighted by molar-refractivity contribution is 7.92. The van der Waals surface area contributed by atoms with E-state index >= 15 is 0 Å². The predicted octanol–water partition coefficient (Wildman–Crippen LogP) is 9.23. The van der Waals surface area contributed by atoms with Crippen LogP contribution < -0.4 is 0 Å². The van der Waals surface area contributed by atoms with Gasteiger partial charge in [0.15, 0.2) is 9.84 Å². The third-order valence-electron chi connectivity index (χ3n) is 7.05. The Morgan fingerprint density at radius 3 is 2.23 bits per heavy atom. The zero-order chi connectivity index (χ0) is 25.5. The molecule has 35 heavy (non-hydrogen) atoms. The molecule has 194 valence electrons. The molecule has 1 heterocycles. The van der Waals surface area contributed by atoms with E-state index in [9.17, 15) is 13.7 Å². The molecule has 0 aliphatic carbocycles. The summed E-state index contributed by atoms with van der Waals surface area (Å²) in [6.07, 6.45) is 12.7. The molecule has 2 aromatic rings. The quantitative estimate of drug-likeness (QED) is 0.186. The second kappa shape index (κ2) is 16.2. The van der Waals surface area contributed by atoms with Gasteiger partial charge in [0, 0.05) is 4.88 Å². The highest BCUT2D eigenvalue weighted by Crippen LogP contribution is 2.31. The monoisotopic (exact) mass is 515 g/mol. The van der Waals surface area contributed by atoms with Crippen molar-refractivity contribution < 1.29 is 8.42 Å². The molecule has 0 saturated heterocycles. The summed E-state index contributed by atoms with van der Waals surface area (Å²) in [4.78, 5) is 1.24. The fraction of sp³-hybridized carbons (Fsp3) is 0.633. The molecule has 2 unspecified atom stereocenters. The molecule has 2 atom stereocenters. The van der Waals surface area contributed by atoms with Crippen LogP contribution in [0, 0.1) is 18.3 Å². The van der Waals surface area contributed by atoms with Gasteiger partial charge in [-0.3, -0.25) is 0 Å². The first-order valence-electron chi connectivity index (χ1n) is 13.7. The lowest BCUT2D eigenvalue weighted by molar-refractivity contribution is 0.524. The topological polar surface area (TPSA) is 57.9 Å². The third kappa shape index (κ3) is 10.1. The van der Waals surface area contributed by atoms with E-state index < -0.39 is 9.84 Å². The van der Waals surface area contributed by atoms with Gasteiger partial charge >= 0.3 is 0 Å². The SMILES string of the molecule is CCCCCCCCS(=O)(=O)C(CCCC)CCCCC(C#N)c1ccc(-c2cccs2)cc1C. The maximum atomic E-state index is 13.1. The van der Waals surface area contributed by atoms with Crippen molar-refractivity contribution >= 4 is 21.2 Å². The Morgan fingerprint density at radius 2 is 1.57 bits per heavy atom. The van der Waals surface area contributed by atoms with Crippen LogP contribution in [0.3, 0.4) is 0 Å². The van der Waals surface area contributed by atoms with Gasteiger partial charge < -0.3 is 0 Å². The summed E-state index contributed by atoms with van der Waals surface area (Å²) in [7, 11) is -3.04. The van der Waals surface area contributed by atoms with Crippen molar-refractivity contribution in [1.29, 1.82) is 5.26 Å². The minimum Gasteiger partial charge on any atom is -0.229 e. The molecule has 0 radical (unpaired) electrons. The first-order chi connectivity index (χ1) is 16.9. The summed E-state index contributed by atoms with van der Waals surface area (Å²) in [5.41, 5.74) is 3.46. The summed E-state index contributed by atoms with van der Waals surface area (Å²) < 4.78 is 26.1. The molecule has 0 bridgehead atoms. The highest BCUT2D eigenvalue weighted by Gasteiger charge is 2.24. The van der Waals surface area contributed by atoms with E-state index in [0.717, 1.165) is 75.3 Å². The van der Waals surface area contributed by atoms with E-state index in [0.29, 0.717) is 5.75 Å². The van der Waals surface area contributed by atoms with E-state index in [1.165, 1.54) is 29.7 Å². The van der Waals surface area contributed by atoms with Gasteiger partial charge in [-0.25, -0.2) is 8.42 Å². The second-order valence-corrected chi connectivity index (χ2v) is 13.3. The Morgan fingerprint density at radius 1 is 0.886 bits per heavy atom. The van der Waals surface area contributed by atoms with Crippen molar-refractivity contribution in [2.75, 3.05) is 5.75 Å². The Bertz CT molecular complexity index is 990. The molecule has 0 fully saturated rings. The number of nitriles is 1. The maximum absolute atomic E-state index is 13.1. The van der Waals surface area contributed by atoms with Gasteiger partial charge in [-0.2, -0.15) is 5.26 Å².